The molecule has 0 heterocycles. The number of nitrogens with one attached hydrogen (secondary N) is 1. The number of benzene rings is 1. The Balaban J connectivity index is 1.95. The summed E-state index contributed by atoms with van der Waals surface area (Å²) in [5.74, 6) is -0.265. The molecule has 0 saturated heterocycles. The topological polar surface area (TPSA) is 75.6 Å². The summed E-state index contributed by atoms with van der Waals surface area (Å²) in [6.07, 6.45) is 2.75. The zero-order valence-corrected chi connectivity index (χ0v) is 13.1. The maximum absolute atomic E-state index is 12.2. The van der Waals surface area contributed by atoms with Crippen molar-refractivity contribution in [3.63, 3.8) is 0 Å². The van der Waals surface area contributed by atoms with Crippen LogP contribution in [0.15, 0.2) is 24.3 Å². The van der Waals surface area contributed by atoms with Crippen molar-refractivity contribution >= 4 is 11.9 Å². The van der Waals surface area contributed by atoms with Crippen molar-refractivity contribution in [3.05, 3.63) is 29.8 Å². The van der Waals surface area contributed by atoms with E-state index in [0.717, 1.165) is 30.6 Å². The summed E-state index contributed by atoms with van der Waals surface area (Å²) in [4.78, 5) is 23.1. The number of carboxylic acid groups (broad SMARTS) is 1. The Bertz CT molecular complexity index is 549. The van der Waals surface area contributed by atoms with Gasteiger partial charge in [-0.15, -0.1) is 0 Å². The van der Waals surface area contributed by atoms with Crippen LogP contribution < -0.4 is 10.1 Å². The van der Waals surface area contributed by atoms with Gasteiger partial charge in [-0.05, 0) is 50.8 Å². The van der Waals surface area contributed by atoms with Gasteiger partial charge in [0.25, 0.3) is 0 Å². The van der Waals surface area contributed by atoms with Crippen LogP contribution >= 0.6 is 0 Å². The lowest BCUT2D eigenvalue weighted by molar-refractivity contribution is -0.140. The van der Waals surface area contributed by atoms with Crippen LogP contribution in [-0.4, -0.2) is 28.6 Å². The Labute approximate surface area is 130 Å². The normalized spacial score (nSPS) is 16.0. The number of aliphatic carboxylic acids is 1. The fraction of sp³-hybridized carbons (Fsp3) is 0.529. The Morgan fingerprint density at radius 3 is 2.64 bits per heavy atom. The van der Waals surface area contributed by atoms with Crippen molar-refractivity contribution in [2.75, 3.05) is 0 Å². The number of carbonyl (C=O) groups is 2. The fourth-order valence-corrected chi connectivity index (χ4v) is 2.77. The fourth-order valence-electron chi connectivity index (χ4n) is 2.77. The molecule has 0 atom stereocenters. The number of hydrogen-bond donors (Lipinski definition) is 2. The molecule has 2 N–H and O–H groups in total. The molecule has 1 fully saturated rings. The molecule has 0 unspecified atom stereocenters. The second-order valence-corrected chi connectivity index (χ2v) is 6.24. The number of rotatable bonds is 7. The summed E-state index contributed by atoms with van der Waals surface area (Å²) in [7, 11) is 0. The molecule has 1 aliphatic carbocycles. The van der Waals surface area contributed by atoms with Gasteiger partial charge in [0.1, 0.15) is 5.75 Å². The molecule has 0 radical (unpaired) electrons. The van der Waals surface area contributed by atoms with Crippen LogP contribution in [0.4, 0.5) is 0 Å². The van der Waals surface area contributed by atoms with Gasteiger partial charge >= 0.3 is 5.97 Å². The minimum Gasteiger partial charge on any atom is -0.491 e. The number of ether oxygens (including phenoxy) is 1. The van der Waals surface area contributed by atoms with E-state index in [1.54, 1.807) is 0 Å². The lowest BCUT2D eigenvalue weighted by Crippen LogP contribution is -2.55. The molecular weight excluding hydrogens is 282 g/mol. The maximum atomic E-state index is 12.2. The number of carbonyl (C=O) groups excluding carboxylic acids is 1. The smallest absolute Gasteiger partial charge is 0.305 e. The Morgan fingerprint density at radius 1 is 1.36 bits per heavy atom. The highest BCUT2D eigenvalue weighted by Crippen LogP contribution is 2.35. The molecule has 120 valence electrons. The largest absolute Gasteiger partial charge is 0.491 e. The zero-order chi connectivity index (χ0) is 16.2. The summed E-state index contributed by atoms with van der Waals surface area (Å²) < 4.78 is 5.61. The molecule has 1 amide bonds. The molecule has 0 aliphatic heterocycles. The molecule has 22 heavy (non-hydrogen) atoms. The third kappa shape index (κ3) is 4.48. The second kappa shape index (κ2) is 6.81. The summed E-state index contributed by atoms with van der Waals surface area (Å²) in [5, 5.41) is 11.9. The van der Waals surface area contributed by atoms with Crippen LogP contribution in [0.1, 0.15) is 45.1 Å². The SMILES string of the molecule is CC(C)Oc1cccc(CC(=O)NC2(CC(=O)O)CCC2)c1. The van der Waals surface area contributed by atoms with E-state index in [2.05, 4.69) is 5.32 Å². The molecule has 1 aromatic rings. The first kappa shape index (κ1) is 16.3. The van der Waals surface area contributed by atoms with Crippen LogP contribution in [0.3, 0.4) is 0 Å². The van der Waals surface area contributed by atoms with Gasteiger partial charge in [-0.3, -0.25) is 9.59 Å². The highest BCUT2D eigenvalue weighted by atomic mass is 16.5. The maximum Gasteiger partial charge on any atom is 0.305 e. The van der Waals surface area contributed by atoms with Gasteiger partial charge < -0.3 is 15.2 Å². The monoisotopic (exact) mass is 305 g/mol. The highest BCUT2D eigenvalue weighted by molar-refractivity contribution is 5.80. The average molecular weight is 305 g/mol. The van der Waals surface area contributed by atoms with E-state index in [4.69, 9.17) is 9.84 Å². The summed E-state index contributed by atoms with van der Waals surface area (Å²) in [6.45, 7) is 3.90. The van der Waals surface area contributed by atoms with E-state index < -0.39 is 11.5 Å². The van der Waals surface area contributed by atoms with Crippen molar-refractivity contribution in [3.8, 4) is 5.75 Å². The minimum absolute atomic E-state index is 0.00472. The second-order valence-electron chi connectivity index (χ2n) is 6.24. The first-order valence-electron chi connectivity index (χ1n) is 7.67. The van der Waals surface area contributed by atoms with Crippen LogP contribution in [0.2, 0.25) is 0 Å². The first-order valence-corrected chi connectivity index (χ1v) is 7.67. The number of carboxylic acids is 1. The Morgan fingerprint density at radius 2 is 2.09 bits per heavy atom. The van der Waals surface area contributed by atoms with Crippen molar-refractivity contribution in [2.24, 2.45) is 0 Å². The number of amides is 1. The lowest BCUT2D eigenvalue weighted by atomic mass is 9.74. The van der Waals surface area contributed by atoms with Gasteiger partial charge in [-0.25, -0.2) is 0 Å². The van der Waals surface area contributed by atoms with E-state index in [0.29, 0.717) is 0 Å². The van der Waals surface area contributed by atoms with Crippen molar-refractivity contribution < 1.29 is 19.4 Å². The van der Waals surface area contributed by atoms with E-state index >= 15 is 0 Å². The molecule has 0 bridgehead atoms. The molecule has 1 aromatic carbocycles. The van der Waals surface area contributed by atoms with Gasteiger partial charge in [0, 0.05) is 0 Å². The molecule has 1 aliphatic rings. The first-order chi connectivity index (χ1) is 10.4. The van der Waals surface area contributed by atoms with Gasteiger partial charge in [-0.1, -0.05) is 12.1 Å². The lowest BCUT2D eigenvalue weighted by Gasteiger charge is -2.41. The van der Waals surface area contributed by atoms with Gasteiger partial charge in [-0.2, -0.15) is 0 Å². The average Bonchev–Trinajstić information content (AvgIpc) is 2.34. The Kier molecular flexibility index (Phi) is 5.06. The molecular formula is C17H23NO4. The minimum atomic E-state index is -0.868. The summed E-state index contributed by atoms with van der Waals surface area (Å²) in [6, 6.07) is 7.44. The predicted molar refractivity (Wildman–Crippen MR) is 82.9 cm³/mol. The van der Waals surface area contributed by atoms with Crippen LogP contribution in [0.25, 0.3) is 0 Å². The standard InChI is InChI=1S/C17H23NO4/c1-12(2)22-14-6-3-5-13(9-14)10-15(19)18-17(7-4-8-17)11-16(20)21/h3,5-6,9,12H,4,7-8,10-11H2,1-2H3,(H,18,19)(H,20,21). The van der Waals surface area contributed by atoms with Crippen LogP contribution in [0, 0.1) is 0 Å². The predicted octanol–water partition coefficient (Wildman–Crippen LogP) is 2.53. The zero-order valence-electron chi connectivity index (χ0n) is 13.1. The van der Waals surface area contributed by atoms with Gasteiger partial charge in [0.05, 0.1) is 24.5 Å². The molecule has 0 spiro atoms. The third-order valence-corrected chi connectivity index (χ3v) is 3.84. The van der Waals surface area contributed by atoms with Crippen molar-refractivity contribution in [1.82, 2.24) is 5.32 Å². The highest BCUT2D eigenvalue weighted by Gasteiger charge is 2.40. The number of hydrogen-bond acceptors (Lipinski definition) is 3. The summed E-state index contributed by atoms with van der Waals surface area (Å²) in [5.41, 5.74) is 0.315. The third-order valence-electron chi connectivity index (χ3n) is 3.84. The van der Waals surface area contributed by atoms with Gasteiger partial charge in [0.2, 0.25) is 5.91 Å². The van der Waals surface area contributed by atoms with E-state index in [1.165, 1.54) is 0 Å². The van der Waals surface area contributed by atoms with Gasteiger partial charge in [0.15, 0.2) is 0 Å². The Hall–Kier alpha value is -2.04. The molecule has 0 aromatic heterocycles. The van der Waals surface area contributed by atoms with Crippen LogP contribution in [0.5, 0.6) is 5.75 Å². The van der Waals surface area contributed by atoms with E-state index in [-0.39, 0.29) is 24.9 Å². The van der Waals surface area contributed by atoms with Crippen molar-refractivity contribution in [1.29, 1.82) is 0 Å². The molecule has 2 rings (SSSR count). The molecule has 5 nitrogen and oxygen atoms in total. The van der Waals surface area contributed by atoms with E-state index in [9.17, 15) is 9.59 Å². The van der Waals surface area contributed by atoms with Crippen molar-refractivity contribution in [2.45, 2.75) is 57.6 Å². The van der Waals surface area contributed by atoms with E-state index in [1.807, 2.05) is 38.1 Å². The van der Waals surface area contributed by atoms with Crippen LogP contribution in [-0.2, 0) is 16.0 Å². The molecule has 5 heteroatoms. The quantitative estimate of drug-likeness (QED) is 0.811. The summed E-state index contributed by atoms with van der Waals surface area (Å²) >= 11 is 0. The molecule has 1 saturated carbocycles.